The average molecular weight is 379 g/mol. The first-order valence-corrected chi connectivity index (χ1v) is 8.65. The normalized spacial score (nSPS) is 18.9. The zero-order valence-electron chi connectivity index (χ0n) is 14.8. The SMILES string of the molecule is CC1N2NC=c3c4c(cc(-c5ccc([N+](=O)[O-])cc5)c3=CC2=C[N+]1=O)OCO4. The van der Waals surface area contributed by atoms with E-state index in [-0.39, 0.29) is 12.5 Å². The van der Waals surface area contributed by atoms with Crippen LogP contribution in [0, 0.1) is 15.0 Å². The van der Waals surface area contributed by atoms with Gasteiger partial charge in [-0.15, -0.1) is 0 Å². The molecule has 3 heterocycles. The van der Waals surface area contributed by atoms with Crippen molar-refractivity contribution in [2.75, 3.05) is 6.79 Å². The molecule has 1 atom stereocenters. The maximum absolute atomic E-state index is 12.0. The van der Waals surface area contributed by atoms with Crippen molar-refractivity contribution in [3.05, 3.63) is 67.7 Å². The van der Waals surface area contributed by atoms with Crippen molar-refractivity contribution < 1.29 is 19.2 Å². The molecule has 3 aliphatic rings. The standard InChI is InChI=1S/C19H15N4O5/c1-11-21(24)9-14-6-16-15(12-2-4-13(5-3-12)23(25)26)7-18-19(28-10-27-18)17(16)8-20-22(11)14/h2-9,11,20H,10H2,1H3/q+1. The van der Waals surface area contributed by atoms with Gasteiger partial charge in [0.05, 0.1) is 9.68 Å². The van der Waals surface area contributed by atoms with Gasteiger partial charge in [0.25, 0.3) is 11.9 Å². The van der Waals surface area contributed by atoms with Gasteiger partial charge in [0, 0.05) is 35.4 Å². The number of benzene rings is 2. The van der Waals surface area contributed by atoms with E-state index in [0.717, 1.165) is 26.3 Å². The first-order chi connectivity index (χ1) is 13.5. The second-order valence-corrected chi connectivity index (χ2v) is 6.62. The predicted molar refractivity (Wildman–Crippen MR) is 99.0 cm³/mol. The first-order valence-electron chi connectivity index (χ1n) is 8.65. The molecule has 9 nitrogen and oxygen atoms in total. The van der Waals surface area contributed by atoms with Gasteiger partial charge in [-0.1, -0.05) is 0 Å². The lowest BCUT2D eigenvalue weighted by molar-refractivity contribution is -0.528. The Kier molecular flexibility index (Phi) is 3.38. The van der Waals surface area contributed by atoms with E-state index in [1.165, 1.54) is 18.3 Å². The lowest BCUT2D eigenvalue weighted by atomic mass is 9.99. The Morgan fingerprint density at radius 2 is 2.04 bits per heavy atom. The third-order valence-electron chi connectivity index (χ3n) is 5.05. The third-order valence-corrected chi connectivity index (χ3v) is 5.05. The molecule has 9 heteroatoms. The smallest absolute Gasteiger partial charge is 0.296 e. The molecule has 0 aromatic heterocycles. The summed E-state index contributed by atoms with van der Waals surface area (Å²) in [5.41, 5.74) is 5.51. The number of fused-ring (bicyclic) bond motifs is 4. The number of hydrazine groups is 1. The summed E-state index contributed by atoms with van der Waals surface area (Å²) in [6.45, 7) is 1.92. The molecule has 5 rings (SSSR count). The summed E-state index contributed by atoms with van der Waals surface area (Å²) in [5, 5.41) is 14.4. The van der Waals surface area contributed by atoms with E-state index in [1.807, 2.05) is 12.1 Å². The van der Waals surface area contributed by atoms with Gasteiger partial charge in [-0.3, -0.25) is 15.5 Å². The van der Waals surface area contributed by atoms with Crippen LogP contribution in [0.4, 0.5) is 5.69 Å². The Morgan fingerprint density at radius 3 is 2.79 bits per heavy atom. The van der Waals surface area contributed by atoms with E-state index in [9.17, 15) is 15.0 Å². The molecule has 0 bridgehead atoms. The minimum atomic E-state index is -0.431. The van der Waals surface area contributed by atoms with Crippen molar-refractivity contribution in [2.24, 2.45) is 0 Å². The van der Waals surface area contributed by atoms with E-state index >= 15 is 0 Å². The summed E-state index contributed by atoms with van der Waals surface area (Å²) >= 11 is 0. The van der Waals surface area contributed by atoms with Crippen LogP contribution in [0.15, 0.2) is 42.2 Å². The van der Waals surface area contributed by atoms with Crippen LogP contribution in [-0.4, -0.2) is 27.7 Å². The molecule has 0 aliphatic carbocycles. The lowest BCUT2D eigenvalue weighted by Crippen LogP contribution is -2.39. The van der Waals surface area contributed by atoms with Crippen molar-refractivity contribution >= 4 is 18.0 Å². The van der Waals surface area contributed by atoms with Crippen molar-refractivity contribution in [2.45, 2.75) is 13.1 Å². The van der Waals surface area contributed by atoms with Gasteiger partial charge in [0.1, 0.15) is 5.70 Å². The van der Waals surface area contributed by atoms with Gasteiger partial charge in [-0.2, -0.15) is 0 Å². The zero-order valence-corrected chi connectivity index (χ0v) is 14.8. The molecule has 28 heavy (non-hydrogen) atoms. The van der Waals surface area contributed by atoms with Gasteiger partial charge >= 0.3 is 0 Å². The Hall–Kier alpha value is -3.88. The number of nitro groups is 1. The molecule has 0 radical (unpaired) electrons. The highest BCUT2D eigenvalue weighted by Gasteiger charge is 2.36. The topological polar surface area (TPSA) is 97.0 Å². The van der Waals surface area contributed by atoms with Crippen LogP contribution in [0.3, 0.4) is 0 Å². The van der Waals surface area contributed by atoms with Crippen LogP contribution in [0.2, 0.25) is 0 Å². The average Bonchev–Trinajstić information content (AvgIpc) is 3.20. The van der Waals surface area contributed by atoms with Crippen molar-refractivity contribution in [3.63, 3.8) is 0 Å². The number of nitrogens with one attached hydrogen (secondary N) is 1. The maximum atomic E-state index is 12.0. The molecule has 0 spiro atoms. The Bertz CT molecular complexity index is 1190. The molecule has 0 fully saturated rings. The highest BCUT2D eigenvalue weighted by molar-refractivity contribution is 5.73. The minimum absolute atomic E-state index is 0.0216. The molecule has 140 valence electrons. The largest absolute Gasteiger partial charge is 0.454 e. The fraction of sp³-hybridized carbons (Fsp3) is 0.158. The Morgan fingerprint density at radius 1 is 1.25 bits per heavy atom. The molecule has 2 aromatic carbocycles. The number of non-ortho nitro benzene ring substituents is 1. The summed E-state index contributed by atoms with van der Waals surface area (Å²) in [7, 11) is 0. The van der Waals surface area contributed by atoms with Gasteiger partial charge < -0.3 is 9.47 Å². The van der Waals surface area contributed by atoms with Gasteiger partial charge in [-0.05, 0) is 40.6 Å². The summed E-state index contributed by atoms with van der Waals surface area (Å²) in [5.74, 6) is 1.23. The Labute approximate surface area is 158 Å². The lowest BCUT2D eigenvalue weighted by Gasteiger charge is -2.17. The molecule has 1 N–H and O–H groups in total. The van der Waals surface area contributed by atoms with E-state index in [4.69, 9.17) is 9.47 Å². The first kappa shape index (κ1) is 16.3. The summed E-state index contributed by atoms with van der Waals surface area (Å²) < 4.78 is 12.1. The van der Waals surface area contributed by atoms with Gasteiger partial charge in [0.2, 0.25) is 13.0 Å². The number of nitroso groups, excluding NO2 is 1. The molecular weight excluding hydrogens is 364 g/mol. The molecule has 0 saturated carbocycles. The number of nitrogens with zero attached hydrogens (tertiary/aromatic N) is 3. The van der Waals surface area contributed by atoms with E-state index in [2.05, 4.69) is 5.43 Å². The van der Waals surface area contributed by atoms with Crippen LogP contribution in [-0.2, 0) is 0 Å². The molecule has 3 aliphatic heterocycles. The molecule has 0 amide bonds. The molecule has 0 saturated heterocycles. The number of rotatable bonds is 2. The third kappa shape index (κ3) is 2.33. The number of ether oxygens (including phenoxy) is 2. The van der Waals surface area contributed by atoms with Gasteiger partial charge in [0.15, 0.2) is 11.5 Å². The molecule has 2 aromatic rings. The zero-order chi connectivity index (χ0) is 19.4. The van der Waals surface area contributed by atoms with Gasteiger partial charge in [-0.25, -0.2) is 5.01 Å². The summed E-state index contributed by atoms with van der Waals surface area (Å²) in [6.07, 6.45) is 4.80. The van der Waals surface area contributed by atoms with Crippen LogP contribution < -0.4 is 25.3 Å². The van der Waals surface area contributed by atoms with Crippen LogP contribution in [0.5, 0.6) is 11.5 Å². The highest BCUT2D eigenvalue weighted by atomic mass is 16.7. The molecular formula is C19H15N4O5+. The van der Waals surface area contributed by atoms with E-state index in [0.29, 0.717) is 17.2 Å². The molecule has 1 unspecified atom stereocenters. The minimum Gasteiger partial charge on any atom is -0.454 e. The fourth-order valence-electron chi connectivity index (χ4n) is 3.58. The second-order valence-electron chi connectivity index (χ2n) is 6.62. The van der Waals surface area contributed by atoms with Crippen molar-refractivity contribution in [3.8, 4) is 22.6 Å². The number of hydrogen-bond donors (Lipinski definition) is 1. The second kappa shape index (κ2) is 5.81. The Balaban J connectivity index is 1.78. The van der Waals surface area contributed by atoms with Crippen molar-refractivity contribution in [1.29, 1.82) is 0 Å². The monoisotopic (exact) mass is 379 g/mol. The quantitative estimate of drug-likeness (QED) is 0.477. The van der Waals surface area contributed by atoms with E-state index in [1.54, 1.807) is 30.3 Å². The van der Waals surface area contributed by atoms with E-state index < -0.39 is 11.1 Å². The highest BCUT2D eigenvalue weighted by Crippen LogP contribution is 2.32. The van der Waals surface area contributed by atoms with Crippen LogP contribution in [0.25, 0.3) is 23.4 Å². The van der Waals surface area contributed by atoms with Crippen LogP contribution in [0.1, 0.15) is 6.92 Å². The number of nitro benzene ring substituents is 1. The number of hydrogen-bond acceptors (Lipinski definition) is 7. The summed E-state index contributed by atoms with van der Waals surface area (Å²) in [4.78, 5) is 22.6. The fourth-order valence-corrected chi connectivity index (χ4v) is 3.58. The predicted octanol–water partition coefficient (Wildman–Crippen LogP) is 1.31. The summed E-state index contributed by atoms with van der Waals surface area (Å²) in [6, 6.07) is 8.19. The number of allylic oxidation sites excluding steroid dienone is 1. The van der Waals surface area contributed by atoms with Crippen LogP contribution >= 0.6 is 0 Å². The maximum Gasteiger partial charge on any atom is 0.296 e. The van der Waals surface area contributed by atoms with Crippen molar-refractivity contribution in [1.82, 2.24) is 10.4 Å².